The fraction of sp³-hybridized carbons (Fsp3) is 0.278. The lowest BCUT2D eigenvalue weighted by Gasteiger charge is -2.17. The summed E-state index contributed by atoms with van der Waals surface area (Å²) in [6.07, 6.45) is 0. The van der Waals surface area contributed by atoms with Crippen molar-refractivity contribution in [2.75, 3.05) is 5.32 Å². The summed E-state index contributed by atoms with van der Waals surface area (Å²) in [5.41, 5.74) is 1.39. The molecule has 0 saturated carbocycles. The Morgan fingerprint density at radius 1 is 1.08 bits per heavy atom. The van der Waals surface area contributed by atoms with E-state index >= 15 is 0 Å². The molecule has 2 rings (SSSR count). The number of aryl methyl sites for hydroxylation is 1. The number of para-hydroxylation sites is 1. The molecule has 0 aliphatic carbocycles. The number of benzene rings is 2. The number of rotatable bonds is 5. The number of carbonyl (C=O) groups excluding carboxylic acids is 1. The Balaban J connectivity index is 2.55. The first-order valence-corrected chi connectivity index (χ1v) is 7.97. The van der Waals surface area contributed by atoms with E-state index in [1.165, 1.54) is 6.92 Å². The monoisotopic (exact) mass is 357 g/mol. The van der Waals surface area contributed by atoms with Crippen molar-refractivity contribution in [2.24, 2.45) is 0 Å². The smallest absolute Gasteiger partial charge is 0.279 e. The van der Waals surface area contributed by atoms with Crippen molar-refractivity contribution >= 4 is 23.0 Å². The van der Waals surface area contributed by atoms with E-state index in [0.29, 0.717) is 5.69 Å². The zero-order valence-electron chi connectivity index (χ0n) is 14.9. The number of amides is 1. The minimum absolute atomic E-state index is 0.0813. The molecule has 2 aromatic rings. The Bertz CT molecular complexity index is 906. The zero-order chi connectivity index (χ0) is 19.6. The van der Waals surface area contributed by atoms with Crippen molar-refractivity contribution in [1.29, 1.82) is 0 Å². The molecule has 1 N–H and O–H groups in total. The standard InChI is InChI=1S/C18H19N3O5/c1-10(2)14-7-5-6-11(3)17(14)19-18(22)15-8-13(20(23)24)9-16(12(15)4)21(25)26/h5-10H,1-4H3,(H,19,22). The van der Waals surface area contributed by atoms with Gasteiger partial charge in [-0.15, -0.1) is 0 Å². The Hall–Kier alpha value is -3.29. The maximum absolute atomic E-state index is 12.8. The van der Waals surface area contributed by atoms with Gasteiger partial charge in [0.2, 0.25) is 0 Å². The molecule has 1 amide bonds. The van der Waals surface area contributed by atoms with Crippen LogP contribution in [0.4, 0.5) is 17.1 Å². The minimum Gasteiger partial charge on any atom is -0.321 e. The summed E-state index contributed by atoms with van der Waals surface area (Å²) in [6, 6.07) is 7.52. The van der Waals surface area contributed by atoms with Gasteiger partial charge in [0, 0.05) is 17.3 Å². The van der Waals surface area contributed by atoms with Gasteiger partial charge in [-0.25, -0.2) is 0 Å². The van der Waals surface area contributed by atoms with Crippen LogP contribution in [-0.2, 0) is 0 Å². The van der Waals surface area contributed by atoms with Gasteiger partial charge in [-0.05, 0) is 30.9 Å². The SMILES string of the molecule is Cc1cccc(C(C)C)c1NC(=O)c1cc([N+](=O)[O-])cc([N+](=O)[O-])c1C. The predicted molar refractivity (Wildman–Crippen MR) is 97.7 cm³/mol. The molecule has 0 bridgehead atoms. The van der Waals surface area contributed by atoms with Gasteiger partial charge in [-0.3, -0.25) is 25.0 Å². The molecule has 0 saturated heterocycles. The normalized spacial score (nSPS) is 10.7. The van der Waals surface area contributed by atoms with E-state index in [2.05, 4.69) is 5.32 Å². The summed E-state index contributed by atoms with van der Waals surface area (Å²) in [4.78, 5) is 33.5. The van der Waals surface area contributed by atoms with Crippen LogP contribution in [0.5, 0.6) is 0 Å². The Morgan fingerprint density at radius 3 is 2.27 bits per heavy atom. The molecule has 8 heteroatoms. The molecular weight excluding hydrogens is 338 g/mol. The Kier molecular flexibility index (Phi) is 5.35. The van der Waals surface area contributed by atoms with Crippen molar-refractivity contribution in [2.45, 2.75) is 33.6 Å². The minimum atomic E-state index is -0.753. The van der Waals surface area contributed by atoms with Crippen LogP contribution < -0.4 is 5.32 Å². The first kappa shape index (κ1) is 19.0. The van der Waals surface area contributed by atoms with Crippen LogP contribution in [0.3, 0.4) is 0 Å². The van der Waals surface area contributed by atoms with Crippen LogP contribution in [0, 0.1) is 34.1 Å². The molecule has 26 heavy (non-hydrogen) atoms. The van der Waals surface area contributed by atoms with Gasteiger partial charge >= 0.3 is 0 Å². The highest BCUT2D eigenvalue weighted by atomic mass is 16.6. The Morgan fingerprint density at radius 2 is 1.73 bits per heavy atom. The summed E-state index contributed by atoms with van der Waals surface area (Å²) in [5, 5.41) is 25.0. The summed E-state index contributed by atoms with van der Waals surface area (Å²) in [7, 11) is 0. The molecule has 0 unspecified atom stereocenters. The van der Waals surface area contributed by atoms with E-state index in [1.54, 1.807) is 0 Å². The van der Waals surface area contributed by atoms with Crippen molar-refractivity contribution in [3.8, 4) is 0 Å². The molecule has 0 aliphatic rings. The van der Waals surface area contributed by atoms with Gasteiger partial charge in [-0.1, -0.05) is 32.0 Å². The molecule has 8 nitrogen and oxygen atoms in total. The third-order valence-corrected chi connectivity index (χ3v) is 4.18. The topological polar surface area (TPSA) is 115 Å². The number of non-ortho nitro benzene ring substituents is 1. The van der Waals surface area contributed by atoms with Gasteiger partial charge < -0.3 is 5.32 Å². The largest absolute Gasteiger partial charge is 0.321 e. The van der Waals surface area contributed by atoms with Crippen LogP contribution in [0.15, 0.2) is 30.3 Å². The molecule has 0 radical (unpaired) electrons. The fourth-order valence-corrected chi connectivity index (χ4v) is 2.74. The second kappa shape index (κ2) is 7.30. The quantitative estimate of drug-likeness (QED) is 0.625. The Labute approximate surface area is 150 Å². The lowest BCUT2D eigenvalue weighted by atomic mass is 9.97. The molecule has 136 valence electrons. The summed E-state index contributed by atoms with van der Waals surface area (Å²) < 4.78 is 0. The third-order valence-electron chi connectivity index (χ3n) is 4.18. The van der Waals surface area contributed by atoms with E-state index in [0.717, 1.165) is 23.3 Å². The van der Waals surface area contributed by atoms with Crippen molar-refractivity contribution in [3.63, 3.8) is 0 Å². The second-order valence-corrected chi connectivity index (χ2v) is 6.30. The molecule has 0 aromatic heterocycles. The summed E-state index contributed by atoms with van der Waals surface area (Å²) in [5.74, 6) is -0.476. The number of nitro groups is 2. The van der Waals surface area contributed by atoms with Crippen molar-refractivity contribution in [3.05, 3.63) is 72.8 Å². The van der Waals surface area contributed by atoms with Gasteiger partial charge in [0.15, 0.2) is 0 Å². The lowest BCUT2D eigenvalue weighted by Crippen LogP contribution is -2.17. The number of hydrogen-bond acceptors (Lipinski definition) is 5. The molecule has 0 fully saturated rings. The highest BCUT2D eigenvalue weighted by Gasteiger charge is 2.25. The number of nitrogens with one attached hydrogen (secondary N) is 1. The lowest BCUT2D eigenvalue weighted by molar-refractivity contribution is -0.394. The molecule has 2 aromatic carbocycles. The maximum Gasteiger partial charge on any atom is 0.279 e. The zero-order valence-corrected chi connectivity index (χ0v) is 14.9. The molecule has 0 aliphatic heterocycles. The highest BCUT2D eigenvalue weighted by molar-refractivity contribution is 6.07. The molecular formula is C18H19N3O5. The number of carbonyl (C=O) groups is 1. The average Bonchev–Trinajstić information content (AvgIpc) is 2.55. The van der Waals surface area contributed by atoms with Crippen LogP contribution in [0.25, 0.3) is 0 Å². The van der Waals surface area contributed by atoms with Gasteiger partial charge in [0.25, 0.3) is 17.3 Å². The highest BCUT2D eigenvalue weighted by Crippen LogP contribution is 2.31. The molecule has 0 atom stereocenters. The van der Waals surface area contributed by atoms with E-state index in [9.17, 15) is 25.0 Å². The van der Waals surface area contributed by atoms with Crippen molar-refractivity contribution < 1.29 is 14.6 Å². The first-order chi connectivity index (χ1) is 12.1. The molecule has 0 heterocycles. The van der Waals surface area contributed by atoms with E-state index in [4.69, 9.17) is 0 Å². The summed E-state index contributed by atoms with van der Waals surface area (Å²) >= 11 is 0. The summed E-state index contributed by atoms with van der Waals surface area (Å²) in [6.45, 7) is 7.20. The van der Waals surface area contributed by atoms with Gasteiger partial charge in [0.05, 0.1) is 21.5 Å². The van der Waals surface area contributed by atoms with E-state index < -0.39 is 27.1 Å². The van der Waals surface area contributed by atoms with Crippen LogP contribution in [0.1, 0.15) is 46.8 Å². The van der Waals surface area contributed by atoms with Crippen LogP contribution >= 0.6 is 0 Å². The number of anilines is 1. The first-order valence-electron chi connectivity index (χ1n) is 7.97. The van der Waals surface area contributed by atoms with Gasteiger partial charge in [0.1, 0.15) is 0 Å². The van der Waals surface area contributed by atoms with Crippen LogP contribution in [0.2, 0.25) is 0 Å². The second-order valence-electron chi connectivity index (χ2n) is 6.30. The van der Waals surface area contributed by atoms with Crippen molar-refractivity contribution in [1.82, 2.24) is 0 Å². The number of nitrogens with zero attached hydrogens (tertiary/aromatic N) is 2. The maximum atomic E-state index is 12.8. The number of hydrogen-bond donors (Lipinski definition) is 1. The van der Waals surface area contributed by atoms with Crippen LogP contribution in [-0.4, -0.2) is 15.8 Å². The molecule has 0 spiro atoms. The third kappa shape index (κ3) is 3.69. The predicted octanol–water partition coefficient (Wildman–Crippen LogP) is 4.50. The van der Waals surface area contributed by atoms with Gasteiger partial charge in [-0.2, -0.15) is 0 Å². The number of nitro benzene ring substituents is 2. The fourth-order valence-electron chi connectivity index (χ4n) is 2.74. The average molecular weight is 357 g/mol. The van der Waals surface area contributed by atoms with E-state index in [1.807, 2.05) is 39.0 Å². The van der Waals surface area contributed by atoms with E-state index in [-0.39, 0.29) is 17.0 Å².